The molecule has 0 aliphatic carbocycles. The molecule has 0 saturated heterocycles. The second kappa shape index (κ2) is 8.22. The van der Waals surface area contributed by atoms with E-state index in [1.807, 2.05) is 19.1 Å². The van der Waals surface area contributed by atoms with Crippen molar-refractivity contribution in [2.75, 3.05) is 19.1 Å². The number of ether oxygens (including phenoxy) is 2. The lowest BCUT2D eigenvalue weighted by molar-refractivity contribution is 0.201. The first kappa shape index (κ1) is 15.1. The van der Waals surface area contributed by atoms with Gasteiger partial charge in [-0.05, 0) is 30.5 Å². The molecule has 0 aliphatic heterocycles. The monoisotopic (exact) mass is 272 g/mol. The van der Waals surface area contributed by atoms with Crippen LogP contribution >= 0.6 is 11.6 Å². The second-order valence-electron chi connectivity index (χ2n) is 4.07. The van der Waals surface area contributed by atoms with Crippen molar-refractivity contribution >= 4 is 11.6 Å². The fraction of sp³-hybridized carbons (Fsp3) is 0.571. The van der Waals surface area contributed by atoms with Crippen LogP contribution in [0.15, 0.2) is 18.2 Å². The molecule has 0 amide bonds. The molecular formula is C14H21ClO3. The predicted octanol–water partition coefficient (Wildman–Crippen LogP) is 3.54. The minimum Gasteiger partial charge on any atom is -0.490 e. The zero-order valence-electron chi connectivity index (χ0n) is 11.0. The van der Waals surface area contributed by atoms with E-state index >= 15 is 0 Å². The first-order chi connectivity index (χ1) is 8.72. The van der Waals surface area contributed by atoms with Gasteiger partial charge in [-0.25, -0.2) is 0 Å². The molecule has 1 aromatic rings. The number of rotatable bonds is 8. The molecule has 0 saturated carbocycles. The van der Waals surface area contributed by atoms with Crippen LogP contribution in [0.25, 0.3) is 0 Å². The van der Waals surface area contributed by atoms with Crippen molar-refractivity contribution in [3.8, 4) is 11.5 Å². The molecule has 1 aromatic carbocycles. The third-order valence-electron chi connectivity index (χ3n) is 2.42. The average molecular weight is 273 g/mol. The summed E-state index contributed by atoms with van der Waals surface area (Å²) in [6, 6.07) is 5.44. The average Bonchev–Trinajstić information content (AvgIpc) is 2.42. The quantitative estimate of drug-likeness (QED) is 0.736. The van der Waals surface area contributed by atoms with Crippen LogP contribution in [0.2, 0.25) is 0 Å². The highest BCUT2D eigenvalue weighted by Gasteiger charge is 2.11. The molecule has 1 atom stereocenters. The fourth-order valence-corrected chi connectivity index (χ4v) is 1.66. The van der Waals surface area contributed by atoms with Gasteiger partial charge < -0.3 is 14.6 Å². The van der Waals surface area contributed by atoms with E-state index < -0.39 is 6.10 Å². The van der Waals surface area contributed by atoms with Crippen molar-refractivity contribution < 1.29 is 14.6 Å². The summed E-state index contributed by atoms with van der Waals surface area (Å²) in [4.78, 5) is 0. The van der Waals surface area contributed by atoms with Gasteiger partial charge in [0.05, 0.1) is 25.2 Å². The number of aliphatic hydroxyl groups is 1. The van der Waals surface area contributed by atoms with Gasteiger partial charge >= 0.3 is 0 Å². The van der Waals surface area contributed by atoms with Crippen molar-refractivity contribution in [1.82, 2.24) is 0 Å². The maximum absolute atomic E-state index is 9.72. The first-order valence-corrected chi connectivity index (χ1v) is 6.89. The molecule has 0 aromatic heterocycles. The van der Waals surface area contributed by atoms with E-state index in [1.165, 1.54) is 0 Å². The van der Waals surface area contributed by atoms with Crippen LogP contribution < -0.4 is 9.47 Å². The Hall–Kier alpha value is -0.930. The summed E-state index contributed by atoms with van der Waals surface area (Å²) < 4.78 is 11.3. The van der Waals surface area contributed by atoms with Gasteiger partial charge in [0.15, 0.2) is 11.5 Å². The molecule has 0 spiro atoms. The zero-order valence-corrected chi connectivity index (χ0v) is 11.7. The third kappa shape index (κ3) is 4.39. The fourth-order valence-electron chi connectivity index (χ4n) is 1.48. The smallest absolute Gasteiger partial charge is 0.161 e. The van der Waals surface area contributed by atoms with E-state index in [-0.39, 0.29) is 5.88 Å². The molecule has 4 heteroatoms. The van der Waals surface area contributed by atoms with Gasteiger partial charge in [0.2, 0.25) is 0 Å². The molecule has 0 heterocycles. The normalized spacial score (nSPS) is 12.2. The molecule has 3 nitrogen and oxygen atoms in total. The van der Waals surface area contributed by atoms with Crippen molar-refractivity contribution in [2.45, 2.75) is 32.8 Å². The predicted molar refractivity (Wildman–Crippen MR) is 73.7 cm³/mol. The van der Waals surface area contributed by atoms with E-state index in [0.717, 1.165) is 24.2 Å². The Morgan fingerprint density at radius 3 is 2.28 bits per heavy atom. The van der Waals surface area contributed by atoms with Crippen LogP contribution in [0.5, 0.6) is 11.5 Å². The molecule has 102 valence electrons. The van der Waals surface area contributed by atoms with Crippen molar-refractivity contribution in [3.63, 3.8) is 0 Å². The minimum atomic E-state index is -0.670. The van der Waals surface area contributed by atoms with Gasteiger partial charge in [0.25, 0.3) is 0 Å². The Kier molecular flexibility index (Phi) is 6.91. The molecule has 1 unspecified atom stereocenters. The third-order valence-corrected chi connectivity index (χ3v) is 2.71. The van der Waals surface area contributed by atoms with Crippen LogP contribution in [0.1, 0.15) is 38.4 Å². The Labute approximate surface area is 114 Å². The Morgan fingerprint density at radius 1 is 1.11 bits per heavy atom. The molecule has 18 heavy (non-hydrogen) atoms. The summed E-state index contributed by atoms with van der Waals surface area (Å²) in [5.41, 5.74) is 0.750. The van der Waals surface area contributed by atoms with Crippen molar-refractivity contribution in [3.05, 3.63) is 23.8 Å². The maximum Gasteiger partial charge on any atom is 0.161 e. The van der Waals surface area contributed by atoms with Gasteiger partial charge in [-0.15, -0.1) is 11.6 Å². The lowest BCUT2D eigenvalue weighted by Gasteiger charge is -2.15. The molecule has 0 aliphatic rings. The van der Waals surface area contributed by atoms with E-state index in [2.05, 4.69) is 6.92 Å². The van der Waals surface area contributed by atoms with Gasteiger partial charge in [-0.2, -0.15) is 0 Å². The van der Waals surface area contributed by atoms with Gasteiger partial charge in [-0.1, -0.05) is 19.9 Å². The number of aliphatic hydroxyl groups excluding tert-OH is 1. The highest BCUT2D eigenvalue weighted by molar-refractivity contribution is 6.18. The summed E-state index contributed by atoms with van der Waals surface area (Å²) >= 11 is 5.64. The van der Waals surface area contributed by atoms with Crippen LogP contribution in [-0.2, 0) is 0 Å². The van der Waals surface area contributed by atoms with E-state index in [0.29, 0.717) is 19.0 Å². The second-order valence-corrected chi connectivity index (χ2v) is 4.38. The lowest BCUT2D eigenvalue weighted by atomic mass is 10.1. The number of hydrogen-bond donors (Lipinski definition) is 1. The van der Waals surface area contributed by atoms with E-state index in [9.17, 15) is 5.11 Å². The largest absolute Gasteiger partial charge is 0.490 e. The van der Waals surface area contributed by atoms with Gasteiger partial charge in [0, 0.05) is 0 Å². The minimum absolute atomic E-state index is 0.169. The summed E-state index contributed by atoms with van der Waals surface area (Å²) in [6.45, 7) is 5.38. The Bertz CT molecular complexity index is 355. The number of alkyl halides is 1. The topological polar surface area (TPSA) is 38.7 Å². The standard InChI is InChI=1S/C14H21ClO3/c1-3-7-17-13-6-5-11(12(16)10-15)9-14(13)18-8-4-2/h5-6,9,12,16H,3-4,7-8,10H2,1-2H3. The van der Waals surface area contributed by atoms with E-state index in [1.54, 1.807) is 6.07 Å². The maximum atomic E-state index is 9.72. The Morgan fingerprint density at radius 2 is 1.72 bits per heavy atom. The molecule has 1 rings (SSSR count). The SMILES string of the molecule is CCCOc1ccc(C(O)CCl)cc1OCCC. The molecule has 0 radical (unpaired) electrons. The highest BCUT2D eigenvalue weighted by atomic mass is 35.5. The highest BCUT2D eigenvalue weighted by Crippen LogP contribution is 2.31. The molecule has 1 N–H and O–H groups in total. The van der Waals surface area contributed by atoms with Crippen LogP contribution in [0, 0.1) is 0 Å². The lowest BCUT2D eigenvalue weighted by Crippen LogP contribution is -2.04. The summed E-state index contributed by atoms with van der Waals surface area (Å²) in [5, 5.41) is 9.72. The van der Waals surface area contributed by atoms with Crippen molar-refractivity contribution in [1.29, 1.82) is 0 Å². The summed E-state index contributed by atoms with van der Waals surface area (Å²) in [5.74, 6) is 1.56. The number of benzene rings is 1. The summed E-state index contributed by atoms with van der Waals surface area (Å²) in [7, 11) is 0. The molecular weight excluding hydrogens is 252 g/mol. The van der Waals surface area contributed by atoms with E-state index in [4.69, 9.17) is 21.1 Å². The zero-order chi connectivity index (χ0) is 13.4. The molecule has 0 fully saturated rings. The number of halogens is 1. The van der Waals surface area contributed by atoms with Crippen LogP contribution in [-0.4, -0.2) is 24.2 Å². The van der Waals surface area contributed by atoms with Gasteiger partial charge in [0.1, 0.15) is 0 Å². The van der Waals surface area contributed by atoms with Crippen LogP contribution in [0.4, 0.5) is 0 Å². The molecule has 0 bridgehead atoms. The van der Waals surface area contributed by atoms with Crippen LogP contribution in [0.3, 0.4) is 0 Å². The van der Waals surface area contributed by atoms with Crippen molar-refractivity contribution in [2.24, 2.45) is 0 Å². The Balaban J connectivity index is 2.88. The van der Waals surface area contributed by atoms with Gasteiger partial charge in [-0.3, -0.25) is 0 Å². The first-order valence-electron chi connectivity index (χ1n) is 6.36. The number of hydrogen-bond acceptors (Lipinski definition) is 3. The summed E-state index contributed by atoms with van der Waals surface area (Å²) in [6.07, 6.45) is 1.20.